The Morgan fingerprint density at radius 1 is 1.40 bits per heavy atom. The molecule has 1 N–H and O–H groups in total. The monoisotopic (exact) mass is 287 g/mol. The van der Waals surface area contributed by atoms with Crippen LogP contribution in [0.2, 0.25) is 0 Å². The third kappa shape index (κ3) is 2.58. The molecule has 0 fully saturated rings. The maximum Gasteiger partial charge on any atom is 0.128 e. The first-order valence-corrected chi connectivity index (χ1v) is 8.16. The molecule has 0 saturated carbocycles. The minimum atomic E-state index is 0.428. The van der Waals surface area contributed by atoms with Crippen molar-refractivity contribution in [3.05, 3.63) is 45.8 Å². The Bertz CT molecular complexity index is 561. The van der Waals surface area contributed by atoms with Crippen molar-refractivity contribution in [1.29, 1.82) is 0 Å². The fraction of sp³-hybridized carbons (Fsp3) is 0.438. The Labute approximate surface area is 124 Å². The van der Waals surface area contributed by atoms with Gasteiger partial charge in [0.15, 0.2) is 0 Å². The number of nitrogens with zero attached hydrogens (tertiary/aromatic N) is 2. The summed E-state index contributed by atoms with van der Waals surface area (Å²) in [7, 11) is 0. The van der Waals surface area contributed by atoms with Crippen molar-refractivity contribution < 1.29 is 0 Å². The van der Waals surface area contributed by atoms with Gasteiger partial charge in [-0.05, 0) is 48.5 Å². The van der Waals surface area contributed by atoms with Gasteiger partial charge in [0.25, 0.3) is 0 Å². The quantitative estimate of drug-likeness (QED) is 0.934. The molecule has 106 valence electrons. The molecule has 3 rings (SSSR count). The van der Waals surface area contributed by atoms with Crippen LogP contribution in [0.15, 0.2) is 29.8 Å². The molecule has 2 aromatic heterocycles. The van der Waals surface area contributed by atoms with Crippen molar-refractivity contribution in [1.82, 2.24) is 10.3 Å². The zero-order valence-corrected chi connectivity index (χ0v) is 12.9. The molecule has 0 saturated heterocycles. The predicted molar refractivity (Wildman–Crippen MR) is 85.4 cm³/mol. The zero-order chi connectivity index (χ0) is 13.9. The summed E-state index contributed by atoms with van der Waals surface area (Å²) >= 11 is 1.88. The van der Waals surface area contributed by atoms with Crippen LogP contribution in [0, 0.1) is 0 Å². The van der Waals surface area contributed by atoms with Crippen LogP contribution in [-0.2, 0) is 13.0 Å². The van der Waals surface area contributed by atoms with Gasteiger partial charge in [0, 0.05) is 24.2 Å². The zero-order valence-electron chi connectivity index (χ0n) is 12.1. The van der Waals surface area contributed by atoms with E-state index in [1.807, 2.05) is 17.5 Å². The molecule has 3 nitrogen and oxygen atoms in total. The SMILES string of the molecule is CCNCc1ccc(N2CCc3sccc3C2C)nc1. The van der Waals surface area contributed by atoms with E-state index in [1.54, 1.807) is 0 Å². The lowest BCUT2D eigenvalue weighted by atomic mass is 10.0. The molecule has 1 aliphatic heterocycles. The number of pyridine rings is 1. The van der Waals surface area contributed by atoms with Gasteiger partial charge in [-0.2, -0.15) is 0 Å². The van der Waals surface area contributed by atoms with Crippen LogP contribution in [0.3, 0.4) is 0 Å². The molecular formula is C16H21N3S. The second kappa shape index (κ2) is 5.94. The molecule has 4 heteroatoms. The molecule has 1 unspecified atom stereocenters. The van der Waals surface area contributed by atoms with E-state index in [0.29, 0.717) is 6.04 Å². The van der Waals surface area contributed by atoms with E-state index < -0.39 is 0 Å². The summed E-state index contributed by atoms with van der Waals surface area (Å²) < 4.78 is 0. The van der Waals surface area contributed by atoms with Gasteiger partial charge in [-0.1, -0.05) is 13.0 Å². The van der Waals surface area contributed by atoms with Crippen molar-refractivity contribution in [2.45, 2.75) is 32.9 Å². The Morgan fingerprint density at radius 3 is 3.05 bits per heavy atom. The number of fused-ring (bicyclic) bond motifs is 1. The number of rotatable bonds is 4. The topological polar surface area (TPSA) is 28.2 Å². The lowest BCUT2D eigenvalue weighted by Gasteiger charge is -2.34. The van der Waals surface area contributed by atoms with E-state index in [0.717, 1.165) is 31.9 Å². The Balaban J connectivity index is 1.76. The molecule has 0 aromatic carbocycles. The van der Waals surface area contributed by atoms with Crippen molar-refractivity contribution in [2.75, 3.05) is 18.0 Å². The summed E-state index contributed by atoms with van der Waals surface area (Å²) in [6.07, 6.45) is 3.13. The number of nitrogens with one attached hydrogen (secondary N) is 1. The van der Waals surface area contributed by atoms with Crippen LogP contribution in [-0.4, -0.2) is 18.1 Å². The number of hydrogen-bond donors (Lipinski definition) is 1. The second-order valence-electron chi connectivity index (χ2n) is 5.22. The maximum atomic E-state index is 4.65. The van der Waals surface area contributed by atoms with E-state index in [-0.39, 0.29) is 0 Å². The van der Waals surface area contributed by atoms with Gasteiger partial charge in [0.2, 0.25) is 0 Å². The molecule has 2 aromatic rings. The van der Waals surface area contributed by atoms with Crippen LogP contribution < -0.4 is 10.2 Å². The average molecular weight is 287 g/mol. The highest BCUT2D eigenvalue weighted by atomic mass is 32.1. The predicted octanol–water partition coefficient (Wildman–Crippen LogP) is 3.38. The first kappa shape index (κ1) is 13.6. The van der Waals surface area contributed by atoms with Crippen molar-refractivity contribution in [3.63, 3.8) is 0 Å². The van der Waals surface area contributed by atoms with E-state index in [9.17, 15) is 0 Å². The number of thiophene rings is 1. The average Bonchev–Trinajstić information content (AvgIpc) is 2.96. The molecule has 1 aliphatic rings. The highest BCUT2D eigenvalue weighted by molar-refractivity contribution is 7.10. The first-order chi connectivity index (χ1) is 9.79. The van der Waals surface area contributed by atoms with E-state index >= 15 is 0 Å². The maximum absolute atomic E-state index is 4.65. The summed E-state index contributed by atoms with van der Waals surface area (Å²) in [5.41, 5.74) is 2.72. The lowest BCUT2D eigenvalue weighted by Crippen LogP contribution is -2.33. The minimum absolute atomic E-state index is 0.428. The Morgan fingerprint density at radius 2 is 2.30 bits per heavy atom. The number of aromatic nitrogens is 1. The van der Waals surface area contributed by atoms with Gasteiger partial charge in [-0.3, -0.25) is 0 Å². The van der Waals surface area contributed by atoms with Gasteiger partial charge in [0.05, 0.1) is 6.04 Å². The van der Waals surface area contributed by atoms with Crippen LogP contribution in [0.25, 0.3) is 0 Å². The molecule has 20 heavy (non-hydrogen) atoms. The Hall–Kier alpha value is -1.39. The van der Waals surface area contributed by atoms with Crippen molar-refractivity contribution >= 4 is 17.2 Å². The number of hydrogen-bond acceptors (Lipinski definition) is 4. The summed E-state index contributed by atoms with van der Waals surface area (Å²) in [6, 6.07) is 7.02. The lowest BCUT2D eigenvalue weighted by molar-refractivity contribution is 0.624. The van der Waals surface area contributed by atoms with Crippen LogP contribution in [0.5, 0.6) is 0 Å². The highest BCUT2D eigenvalue weighted by Crippen LogP contribution is 2.35. The first-order valence-electron chi connectivity index (χ1n) is 7.28. The van der Waals surface area contributed by atoms with Gasteiger partial charge >= 0.3 is 0 Å². The van der Waals surface area contributed by atoms with E-state index in [1.165, 1.54) is 16.0 Å². The van der Waals surface area contributed by atoms with Gasteiger partial charge in [-0.25, -0.2) is 4.98 Å². The van der Waals surface area contributed by atoms with Crippen LogP contribution in [0.1, 0.15) is 35.9 Å². The minimum Gasteiger partial charge on any atom is -0.349 e. The molecular weight excluding hydrogens is 266 g/mol. The van der Waals surface area contributed by atoms with Crippen molar-refractivity contribution in [2.24, 2.45) is 0 Å². The van der Waals surface area contributed by atoms with Gasteiger partial charge < -0.3 is 10.2 Å². The van der Waals surface area contributed by atoms with E-state index in [2.05, 4.69) is 52.6 Å². The van der Waals surface area contributed by atoms with Crippen LogP contribution in [0.4, 0.5) is 5.82 Å². The van der Waals surface area contributed by atoms with Crippen molar-refractivity contribution in [3.8, 4) is 0 Å². The molecule has 0 spiro atoms. The molecule has 0 aliphatic carbocycles. The molecule has 1 atom stereocenters. The fourth-order valence-electron chi connectivity index (χ4n) is 2.78. The normalized spacial score (nSPS) is 18.1. The summed E-state index contributed by atoms with van der Waals surface area (Å²) in [4.78, 5) is 8.60. The van der Waals surface area contributed by atoms with Gasteiger partial charge in [-0.15, -0.1) is 11.3 Å². The molecule has 0 bridgehead atoms. The summed E-state index contributed by atoms with van der Waals surface area (Å²) in [5.74, 6) is 1.09. The van der Waals surface area contributed by atoms with E-state index in [4.69, 9.17) is 0 Å². The third-order valence-electron chi connectivity index (χ3n) is 3.96. The van der Waals surface area contributed by atoms with Gasteiger partial charge in [0.1, 0.15) is 5.82 Å². The molecule has 0 amide bonds. The summed E-state index contributed by atoms with van der Waals surface area (Å²) in [5, 5.41) is 5.54. The van der Waals surface area contributed by atoms with Crippen LogP contribution >= 0.6 is 11.3 Å². The fourth-order valence-corrected chi connectivity index (χ4v) is 3.75. The molecule has 0 radical (unpaired) electrons. The largest absolute Gasteiger partial charge is 0.349 e. The standard InChI is InChI=1S/C16H21N3S/c1-3-17-10-13-4-5-16(18-11-13)19-8-6-15-14(12(19)2)7-9-20-15/h4-5,7,9,11-12,17H,3,6,8,10H2,1-2H3. The summed E-state index contributed by atoms with van der Waals surface area (Å²) in [6.45, 7) is 7.35. The molecule has 3 heterocycles. The Kier molecular flexibility index (Phi) is 4.03. The smallest absolute Gasteiger partial charge is 0.128 e. The third-order valence-corrected chi connectivity index (χ3v) is 4.96. The number of anilines is 1. The highest BCUT2D eigenvalue weighted by Gasteiger charge is 2.25. The second-order valence-corrected chi connectivity index (χ2v) is 6.22.